The highest BCUT2D eigenvalue weighted by Crippen LogP contribution is 2.28. The van der Waals surface area contributed by atoms with E-state index < -0.39 is 0 Å². The molecule has 9 heteroatoms. The van der Waals surface area contributed by atoms with Gasteiger partial charge in [0.2, 0.25) is 0 Å². The molecular weight excluding hydrogens is 406 g/mol. The monoisotopic (exact) mass is 441 g/mol. The number of aliphatic imine (C=N–C) groups is 1. The van der Waals surface area contributed by atoms with Crippen molar-refractivity contribution in [3.8, 4) is 5.75 Å². The Balaban J connectivity index is 1.41. The van der Waals surface area contributed by atoms with E-state index in [1.165, 1.54) is 5.56 Å². The first-order valence-corrected chi connectivity index (χ1v) is 11.5. The first-order valence-electron chi connectivity index (χ1n) is 11.5. The van der Waals surface area contributed by atoms with E-state index in [0.29, 0.717) is 12.5 Å². The fraction of sp³-hybridized carbons (Fsp3) is 0.609. The van der Waals surface area contributed by atoms with Gasteiger partial charge >= 0.3 is 0 Å². The third-order valence-corrected chi connectivity index (χ3v) is 6.44. The maximum Gasteiger partial charge on any atom is 0.194 e. The van der Waals surface area contributed by atoms with E-state index in [4.69, 9.17) is 14.5 Å². The van der Waals surface area contributed by atoms with Crippen LogP contribution < -0.4 is 10.1 Å². The van der Waals surface area contributed by atoms with Crippen molar-refractivity contribution in [2.75, 3.05) is 59.6 Å². The molecule has 4 rings (SSSR count). The van der Waals surface area contributed by atoms with E-state index in [-0.39, 0.29) is 0 Å². The summed E-state index contributed by atoms with van der Waals surface area (Å²) >= 11 is 0. The molecule has 0 spiro atoms. The molecule has 0 aliphatic carbocycles. The third kappa shape index (κ3) is 5.58. The van der Waals surface area contributed by atoms with Crippen LogP contribution in [0.5, 0.6) is 5.75 Å². The highest BCUT2D eigenvalue weighted by atomic mass is 16.5. The largest absolute Gasteiger partial charge is 0.497 e. The molecule has 1 aromatic carbocycles. The van der Waals surface area contributed by atoms with Gasteiger partial charge in [-0.15, -0.1) is 10.2 Å². The standard InChI is InChI=1S/C23H35N7O2/c1-18-26-27-22(28(18)2)16-25-23(24-9-11-29-12-14-32-15-13-29)30-10-8-20(17-30)19-4-6-21(31-3)7-5-19/h4-7,20H,8-17H2,1-3H3,(H,24,25). The second kappa shape index (κ2) is 10.8. The SMILES string of the molecule is COc1ccc(C2CCN(C(=NCc3nnc(C)n3C)NCCN3CCOCC3)C2)cc1. The van der Waals surface area contributed by atoms with Crippen molar-refractivity contribution in [2.45, 2.75) is 25.8 Å². The number of likely N-dealkylation sites (tertiary alicyclic amines) is 1. The van der Waals surface area contributed by atoms with E-state index in [0.717, 1.165) is 82.3 Å². The first-order chi connectivity index (χ1) is 15.6. The average molecular weight is 442 g/mol. The first kappa shape index (κ1) is 22.5. The minimum atomic E-state index is 0.490. The van der Waals surface area contributed by atoms with Crippen LogP contribution in [0.4, 0.5) is 0 Å². The summed E-state index contributed by atoms with van der Waals surface area (Å²) in [7, 11) is 3.69. The van der Waals surface area contributed by atoms with Gasteiger partial charge in [-0.2, -0.15) is 0 Å². The summed E-state index contributed by atoms with van der Waals surface area (Å²) in [5, 5.41) is 12.0. The molecule has 1 unspecified atom stereocenters. The highest BCUT2D eigenvalue weighted by Gasteiger charge is 2.26. The zero-order valence-electron chi connectivity index (χ0n) is 19.5. The Morgan fingerprint density at radius 1 is 1.19 bits per heavy atom. The van der Waals surface area contributed by atoms with E-state index in [1.54, 1.807) is 7.11 Å². The molecule has 32 heavy (non-hydrogen) atoms. The van der Waals surface area contributed by atoms with Crippen molar-refractivity contribution < 1.29 is 9.47 Å². The number of nitrogens with one attached hydrogen (secondary N) is 1. The Bertz CT molecular complexity index is 890. The zero-order chi connectivity index (χ0) is 22.3. The van der Waals surface area contributed by atoms with Gasteiger partial charge in [0.15, 0.2) is 11.8 Å². The molecule has 9 nitrogen and oxygen atoms in total. The number of benzene rings is 1. The van der Waals surface area contributed by atoms with Crippen LogP contribution in [-0.2, 0) is 18.3 Å². The maximum atomic E-state index is 5.46. The van der Waals surface area contributed by atoms with E-state index in [2.05, 4.69) is 37.4 Å². The van der Waals surface area contributed by atoms with Crippen LogP contribution in [0.2, 0.25) is 0 Å². The van der Waals surface area contributed by atoms with Crippen LogP contribution in [-0.4, -0.2) is 90.1 Å². The number of hydrogen-bond acceptors (Lipinski definition) is 6. The van der Waals surface area contributed by atoms with E-state index in [1.807, 2.05) is 30.7 Å². The van der Waals surface area contributed by atoms with Crippen LogP contribution in [0.3, 0.4) is 0 Å². The molecule has 174 valence electrons. The molecule has 2 aromatic rings. The van der Waals surface area contributed by atoms with Crippen molar-refractivity contribution in [2.24, 2.45) is 12.0 Å². The smallest absolute Gasteiger partial charge is 0.194 e. The minimum absolute atomic E-state index is 0.490. The Hall–Kier alpha value is -2.65. The van der Waals surface area contributed by atoms with Gasteiger partial charge in [0, 0.05) is 52.2 Å². The molecular formula is C23H35N7O2. The number of methoxy groups -OCH3 is 1. The summed E-state index contributed by atoms with van der Waals surface area (Å²) in [5.74, 6) is 4.12. The Morgan fingerprint density at radius 3 is 2.66 bits per heavy atom. The second-order valence-corrected chi connectivity index (χ2v) is 8.45. The quantitative estimate of drug-likeness (QED) is 0.514. The predicted molar refractivity (Wildman–Crippen MR) is 124 cm³/mol. The third-order valence-electron chi connectivity index (χ3n) is 6.44. The summed E-state index contributed by atoms with van der Waals surface area (Å²) in [4.78, 5) is 9.74. The van der Waals surface area contributed by atoms with Gasteiger partial charge in [-0.05, 0) is 31.0 Å². The highest BCUT2D eigenvalue weighted by molar-refractivity contribution is 5.80. The molecule has 1 atom stereocenters. The lowest BCUT2D eigenvalue weighted by Gasteiger charge is -2.28. The van der Waals surface area contributed by atoms with Crippen molar-refractivity contribution in [1.29, 1.82) is 0 Å². The topological polar surface area (TPSA) is 80.0 Å². The Labute approximate surface area is 190 Å². The van der Waals surface area contributed by atoms with Gasteiger partial charge in [-0.3, -0.25) is 4.90 Å². The molecule has 1 N–H and O–H groups in total. The van der Waals surface area contributed by atoms with Crippen LogP contribution in [0.15, 0.2) is 29.3 Å². The van der Waals surface area contributed by atoms with Gasteiger partial charge in [-0.25, -0.2) is 4.99 Å². The van der Waals surface area contributed by atoms with Crippen molar-refractivity contribution >= 4 is 5.96 Å². The summed E-state index contributed by atoms with van der Waals surface area (Å²) in [6, 6.07) is 8.45. The number of hydrogen-bond donors (Lipinski definition) is 1. The van der Waals surface area contributed by atoms with Crippen molar-refractivity contribution in [3.63, 3.8) is 0 Å². The van der Waals surface area contributed by atoms with Crippen molar-refractivity contribution in [1.82, 2.24) is 29.9 Å². The lowest BCUT2D eigenvalue weighted by molar-refractivity contribution is 0.0388. The van der Waals surface area contributed by atoms with Gasteiger partial charge in [0.1, 0.15) is 18.1 Å². The molecule has 0 bridgehead atoms. The molecule has 0 radical (unpaired) electrons. The normalized spacial score (nSPS) is 20.0. The number of morpholine rings is 1. The molecule has 2 fully saturated rings. The van der Waals surface area contributed by atoms with Crippen LogP contribution in [0.1, 0.15) is 29.6 Å². The predicted octanol–water partition coefficient (Wildman–Crippen LogP) is 1.40. The summed E-state index contributed by atoms with van der Waals surface area (Å²) in [6.07, 6.45) is 1.11. The molecule has 3 heterocycles. The number of ether oxygens (including phenoxy) is 2. The van der Waals surface area contributed by atoms with E-state index in [9.17, 15) is 0 Å². The van der Waals surface area contributed by atoms with Crippen molar-refractivity contribution in [3.05, 3.63) is 41.5 Å². The number of guanidine groups is 1. The average Bonchev–Trinajstić information content (AvgIpc) is 3.44. The maximum absolute atomic E-state index is 5.46. The number of rotatable bonds is 7. The Kier molecular flexibility index (Phi) is 7.59. The second-order valence-electron chi connectivity index (χ2n) is 8.45. The zero-order valence-corrected chi connectivity index (χ0v) is 19.5. The van der Waals surface area contributed by atoms with Gasteiger partial charge < -0.3 is 24.3 Å². The summed E-state index contributed by atoms with van der Waals surface area (Å²) in [6.45, 7) is 9.89. The van der Waals surface area contributed by atoms with Gasteiger partial charge in [0.05, 0.1) is 20.3 Å². The van der Waals surface area contributed by atoms with Gasteiger partial charge in [0.25, 0.3) is 0 Å². The fourth-order valence-electron chi connectivity index (χ4n) is 4.25. The van der Waals surface area contributed by atoms with E-state index >= 15 is 0 Å². The fourth-order valence-corrected chi connectivity index (χ4v) is 4.25. The van der Waals surface area contributed by atoms with Crippen LogP contribution in [0, 0.1) is 6.92 Å². The molecule has 1 aromatic heterocycles. The summed E-state index contributed by atoms with van der Waals surface area (Å²) in [5.41, 5.74) is 1.35. The lowest BCUT2D eigenvalue weighted by Crippen LogP contribution is -2.45. The number of nitrogens with zero attached hydrogens (tertiary/aromatic N) is 6. The molecule has 0 amide bonds. The lowest BCUT2D eigenvalue weighted by atomic mass is 9.98. The van der Waals surface area contributed by atoms with Gasteiger partial charge in [-0.1, -0.05) is 12.1 Å². The van der Waals surface area contributed by atoms with Crippen LogP contribution in [0.25, 0.3) is 0 Å². The summed E-state index contributed by atoms with van der Waals surface area (Å²) < 4.78 is 12.8. The number of aromatic nitrogens is 3. The number of aryl methyl sites for hydroxylation is 1. The molecule has 2 saturated heterocycles. The Morgan fingerprint density at radius 2 is 1.97 bits per heavy atom. The molecule has 0 saturated carbocycles. The minimum Gasteiger partial charge on any atom is -0.497 e. The molecule has 2 aliphatic heterocycles. The molecule has 2 aliphatic rings. The van der Waals surface area contributed by atoms with Crippen LogP contribution >= 0.6 is 0 Å².